The number of rotatable bonds is 14. The van der Waals surface area contributed by atoms with Gasteiger partial charge in [-0.2, -0.15) is 0 Å². The third kappa shape index (κ3) is 9.35. The summed E-state index contributed by atoms with van der Waals surface area (Å²) >= 11 is 0. The van der Waals surface area contributed by atoms with Crippen molar-refractivity contribution in [2.24, 2.45) is 0 Å². The van der Waals surface area contributed by atoms with E-state index in [9.17, 15) is 4.79 Å². The molecule has 0 unspecified atom stereocenters. The molecule has 0 fully saturated rings. The van der Waals surface area contributed by atoms with Gasteiger partial charge in [-0.25, -0.2) is 4.79 Å². The van der Waals surface area contributed by atoms with E-state index < -0.39 is 14.8 Å². The maximum atomic E-state index is 10.8. The molecule has 0 aliphatic carbocycles. The molecule has 5 nitrogen and oxygen atoms in total. The summed E-state index contributed by atoms with van der Waals surface area (Å²) < 4.78 is 18.0. The number of carbonyl (C=O) groups is 1. The van der Waals surface area contributed by atoms with Gasteiger partial charge in [-0.1, -0.05) is 26.8 Å². The van der Waals surface area contributed by atoms with E-state index >= 15 is 0 Å². The molecule has 0 atom stereocenters. The van der Waals surface area contributed by atoms with Crippen molar-refractivity contribution >= 4 is 14.8 Å². The van der Waals surface area contributed by atoms with Crippen LogP contribution in [-0.4, -0.2) is 39.7 Å². The summed E-state index contributed by atoms with van der Waals surface area (Å²) in [4.78, 5) is 10.8. The Labute approximate surface area is 136 Å². The van der Waals surface area contributed by atoms with E-state index in [1.807, 2.05) is 0 Å². The Balaban J connectivity index is 4.63. The summed E-state index contributed by atoms with van der Waals surface area (Å²) in [5, 5.41) is 8.86. The second-order valence-electron chi connectivity index (χ2n) is 5.31. The number of hydrogen-bond donors (Lipinski definition) is 1. The lowest BCUT2D eigenvalue weighted by Crippen LogP contribution is -2.46. The van der Waals surface area contributed by atoms with E-state index in [-0.39, 0.29) is 0 Å². The molecule has 0 aromatic rings. The van der Waals surface area contributed by atoms with Crippen LogP contribution in [0.4, 0.5) is 0 Å². The Kier molecular flexibility index (Phi) is 12.4. The first-order valence-corrected chi connectivity index (χ1v) is 10.3. The van der Waals surface area contributed by atoms with Gasteiger partial charge in [-0.3, -0.25) is 0 Å². The summed E-state index contributed by atoms with van der Waals surface area (Å²) in [6, 6.07) is 0.733. The molecule has 0 saturated heterocycles. The zero-order valence-corrected chi connectivity index (χ0v) is 15.5. The highest BCUT2D eigenvalue weighted by Crippen LogP contribution is 2.21. The van der Waals surface area contributed by atoms with Crippen LogP contribution in [0.5, 0.6) is 0 Å². The summed E-state index contributed by atoms with van der Waals surface area (Å²) in [7, 11) is -2.63. The largest absolute Gasteiger partial charge is 0.500 e. The van der Waals surface area contributed by atoms with Gasteiger partial charge in [0, 0.05) is 31.4 Å². The zero-order chi connectivity index (χ0) is 16.8. The lowest BCUT2D eigenvalue weighted by Gasteiger charge is -2.29. The predicted octanol–water partition coefficient (Wildman–Crippen LogP) is 4.02. The van der Waals surface area contributed by atoms with Crippen LogP contribution in [0.1, 0.15) is 59.8 Å². The summed E-state index contributed by atoms with van der Waals surface area (Å²) in [5.74, 6) is -0.866. The fourth-order valence-corrected chi connectivity index (χ4v) is 4.70. The summed E-state index contributed by atoms with van der Waals surface area (Å²) in [6.07, 6.45) is 6.05. The number of unbranched alkanes of at least 4 members (excludes halogenated alkanes) is 1. The molecule has 1 N–H and O–H groups in total. The highest BCUT2D eigenvalue weighted by atomic mass is 28.4. The first-order chi connectivity index (χ1) is 10.5. The average Bonchev–Trinajstić information content (AvgIpc) is 2.52. The van der Waals surface area contributed by atoms with Crippen LogP contribution in [-0.2, 0) is 18.1 Å². The number of carboxylic acids is 1. The van der Waals surface area contributed by atoms with Gasteiger partial charge in [0.05, 0.1) is 0 Å². The SMILES string of the molecule is CCCO[Si](CCCC=C(C)C(=O)O)(OCCC)OCCC. The highest BCUT2D eigenvalue weighted by molar-refractivity contribution is 6.60. The summed E-state index contributed by atoms with van der Waals surface area (Å²) in [5.41, 5.74) is 0.380. The minimum atomic E-state index is -2.63. The minimum Gasteiger partial charge on any atom is -0.478 e. The maximum Gasteiger partial charge on any atom is 0.500 e. The van der Waals surface area contributed by atoms with Crippen LogP contribution in [0.2, 0.25) is 6.04 Å². The molecule has 0 saturated carbocycles. The topological polar surface area (TPSA) is 65.0 Å². The van der Waals surface area contributed by atoms with Crippen LogP contribution >= 0.6 is 0 Å². The van der Waals surface area contributed by atoms with Crippen LogP contribution in [0.25, 0.3) is 0 Å². The molecule has 22 heavy (non-hydrogen) atoms. The van der Waals surface area contributed by atoms with Gasteiger partial charge in [-0.05, 0) is 39.0 Å². The Hall–Kier alpha value is -0.693. The number of allylic oxidation sites excluding steroid dienone is 1. The number of hydrogen-bond acceptors (Lipinski definition) is 4. The molecule has 0 bridgehead atoms. The minimum absolute atomic E-state index is 0.380. The fourth-order valence-electron chi connectivity index (χ4n) is 1.84. The normalized spacial score (nSPS) is 12.6. The Bertz CT molecular complexity index is 309. The van der Waals surface area contributed by atoms with Crippen molar-refractivity contribution in [3.8, 4) is 0 Å². The fraction of sp³-hybridized carbons (Fsp3) is 0.812. The lowest BCUT2D eigenvalue weighted by molar-refractivity contribution is -0.132. The number of carboxylic acid groups (broad SMARTS) is 1. The third-order valence-electron chi connectivity index (χ3n) is 3.05. The summed E-state index contributed by atoms with van der Waals surface area (Å²) in [6.45, 7) is 9.74. The Morgan fingerprint density at radius 3 is 1.82 bits per heavy atom. The van der Waals surface area contributed by atoms with Gasteiger partial charge in [0.2, 0.25) is 0 Å². The molecule has 130 valence electrons. The van der Waals surface area contributed by atoms with Crippen molar-refractivity contribution < 1.29 is 23.2 Å². The van der Waals surface area contributed by atoms with Gasteiger partial charge < -0.3 is 18.4 Å². The smallest absolute Gasteiger partial charge is 0.478 e. The first kappa shape index (κ1) is 21.3. The monoisotopic (exact) mass is 332 g/mol. The van der Waals surface area contributed by atoms with Gasteiger partial charge in [0.25, 0.3) is 0 Å². The van der Waals surface area contributed by atoms with E-state index in [0.29, 0.717) is 31.8 Å². The molecule has 0 aliphatic rings. The predicted molar refractivity (Wildman–Crippen MR) is 89.9 cm³/mol. The zero-order valence-electron chi connectivity index (χ0n) is 14.5. The number of aliphatic carboxylic acids is 1. The van der Waals surface area contributed by atoms with E-state index in [1.165, 1.54) is 0 Å². The molecule has 0 heterocycles. The van der Waals surface area contributed by atoms with Crippen molar-refractivity contribution in [2.45, 2.75) is 65.8 Å². The first-order valence-electron chi connectivity index (χ1n) is 8.33. The molecule has 6 heteroatoms. The molecule has 0 aromatic carbocycles. The van der Waals surface area contributed by atoms with Gasteiger partial charge >= 0.3 is 14.8 Å². The lowest BCUT2D eigenvalue weighted by atomic mass is 10.2. The standard InChI is InChI=1S/C16H32O5Si/c1-5-11-19-22(20-12-6-2,21-13-7-3)14-9-8-10-15(4)16(17)18/h10H,5-9,11-14H2,1-4H3,(H,17,18). The second kappa shape index (κ2) is 12.8. The quantitative estimate of drug-likeness (QED) is 0.296. The van der Waals surface area contributed by atoms with Crippen molar-refractivity contribution in [2.75, 3.05) is 19.8 Å². The van der Waals surface area contributed by atoms with Crippen LogP contribution in [0.3, 0.4) is 0 Å². The van der Waals surface area contributed by atoms with E-state index in [1.54, 1.807) is 13.0 Å². The molecular formula is C16H32O5Si. The Morgan fingerprint density at radius 1 is 1.00 bits per heavy atom. The molecule has 0 spiro atoms. The molecular weight excluding hydrogens is 300 g/mol. The van der Waals surface area contributed by atoms with E-state index in [0.717, 1.165) is 31.7 Å². The molecule has 0 radical (unpaired) electrons. The van der Waals surface area contributed by atoms with Crippen LogP contribution in [0.15, 0.2) is 11.6 Å². The molecule has 0 aliphatic heterocycles. The van der Waals surface area contributed by atoms with Crippen molar-refractivity contribution in [3.63, 3.8) is 0 Å². The molecule has 0 rings (SSSR count). The average molecular weight is 333 g/mol. The van der Waals surface area contributed by atoms with Crippen molar-refractivity contribution in [3.05, 3.63) is 11.6 Å². The Morgan fingerprint density at radius 2 is 1.45 bits per heavy atom. The van der Waals surface area contributed by atoms with Crippen LogP contribution in [0, 0.1) is 0 Å². The van der Waals surface area contributed by atoms with Crippen molar-refractivity contribution in [1.82, 2.24) is 0 Å². The second-order valence-corrected chi connectivity index (χ2v) is 8.04. The van der Waals surface area contributed by atoms with Gasteiger partial charge in [0.1, 0.15) is 0 Å². The van der Waals surface area contributed by atoms with Crippen LogP contribution < -0.4 is 0 Å². The van der Waals surface area contributed by atoms with Gasteiger partial charge in [-0.15, -0.1) is 0 Å². The van der Waals surface area contributed by atoms with E-state index in [4.69, 9.17) is 18.4 Å². The molecule has 0 aromatic heterocycles. The molecule has 0 amide bonds. The van der Waals surface area contributed by atoms with Crippen molar-refractivity contribution in [1.29, 1.82) is 0 Å². The third-order valence-corrected chi connectivity index (χ3v) is 5.95. The van der Waals surface area contributed by atoms with Gasteiger partial charge in [0.15, 0.2) is 0 Å². The maximum absolute atomic E-state index is 10.8. The van der Waals surface area contributed by atoms with E-state index in [2.05, 4.69) is 20.8 Å². The highest BCUT2D eigenvalue weighted by Gasteiger charge is 2.40.